The van der Waals surface area contributed by atoms with Gasteiger partial charge in [0, 0.05) is 0 Å². The van der Waals surface area contributed by atoms with Crippen molar-refractivity contribution >= 4 is 0 Å². The Morgan fingerprint density at radius 3 is 3.00 bits per heavy atom. The third-order valence-electron chi connectivity index (χ3n) is 2.63. The average molecular weight is 109 g/mol. The molecule has 0 saturated heterocycles. The molecule has 1 radical (unpaired) electrons. The SMILES string of the molecule is [CH]1C[C@@H]2CCC[C@H]1C2. The smallest absolute Gasteiger partial charge is 0.0352 e. The van der Waals surface area contributed by atoms with E-state index < -0.39 is 0 Å². The van der Waals surface area contributed by atoms with E-state index in [1.807, 2.05) is 0 Å². The maximum Gasteiger partial charge on any atom is -0.0352 e. The van der Waals surface area contributed by atoms with Crippen molar-refractivity contribution in [2.45, 2.75) is 32.1 Å². The van der Waals surface area contributed by atoms with Gasteiger partial charge in [-0.05, 0) is 31.1 Å². The van der Waals surface area contributed by atoms with Crippen molar-refractivity contribution in [3.8, 4) is 0 Å². The van der Waals surface area contributed by atoms with E-state index in [9.17, 15) is 0 Å². The summed E-state index contributed by atoms with van der Waals surface area (Å²) in [5.41, 5.74) is 0. The number of hydrogen-bond donors (Lipinski definition) is 0. The molecule has 0 spiro atoms. The highest BCUT2D eigenvalue weighted by Crippen LogP contribution is 2.40. The fourth-order valence-electron chi connectivity index (χ4n) is 2.15. The summed E-state index contributed by atoms with van der Waals surface area (Å²) >= 11 is 0. The van der Waals surface area contributed by atoms with Crippen LogP contribution in [-0.4, -0.2) is 0 Å². The second-order valence-corrected chi connectivity index (χ2v) is 3.26. The largest absolute Gasteiger partial charge is 0.0528 e. The van der Waals surface area contributed by atoms with Crippen LogP contribution < -0.4 is 0 Å². The number of rotatable bonds is 0. The Kier molecular flexibility index (Phi) is 1.06. The summed E-state index contributed by atoms with van der Waals surface area (Å²) in [5.74, 6) is 2.14. The topological polar surface area (TPSA) is 0 Å². The predicted octanol–water partition coefficient (Wildman–Crippen LogP) is 2.40. The van der Waals surface area contributed by atoms with Gasteiger partial charge in [-0.25, -0.2) is 0 Å². The molecule has 0 N–H and O–H groups in total. The molecule has 8 heavy (non-hydrogen) atoms. The minimum absolute atomic E-state index is 1.04. The molecule has 2 aliphatic carbocycles. The second-order valence-electron chi connectivity index (χ2n) is 3.26. The molecule has 0 aromatic rings. The molecule has 45 valence electrons. The summed E-state index contributed by atoms with van der Waals surface area (Å²) in [6.07, 6.45) is 10.0. The second kappa shape index (κ2) is 1.75. The molecule has 2 aliphatic rings. The maximum absolute atomic E-state index is 2.54. The van der Waals surface area contributed by atoms with E-state index in [0.717, 1.165) is 11.8 Å². The zero-order chi connectivity index (χ0) is 5.40. The first-order chi connectivity index (χ1) is 3.95. The van der Waals surface area contributed by atoms with Crippen molar-refractivity contribution in [2.75, 3.05) is 0 Å². The summed E-state index contributed by atoms with van der Waals surface area (Å²) in [7, 11) is 0. The van der Waals surface area contributed by atoms with Gasteiger partial charge in [0.05, 0.1) is 0 Å². The van der Waals surface area contributed by atoms with Crippen LogP contribution in [0.4, 0.5) is 0 Å². The lowest BCUT2D eigenvalue weighted by atomic mass is 9.89. The quantitative estimate of drug-likeness (QED) is 0.448. The Hall–Kier alpha value is 0. The zero-order valence-corrected chi connectivity index (χ0v) is 5.27. The van der Waals surface area contributed by atoms with Gasteiger partial charge in [0.25, 0.3) is 0 Å². The molecule has 0 amide bonds. The Labute approximate surface area is 51.3 Å². The van der Waals surface area contributed by atoms with Crippen LogP contribution in [0.1, 0.15) is 32.1 Å². The number of hydrogen-bond acceptors (Lipinski definition) is 0. The Morgan fingerprint density at radius 1 is 1.25 bits per heavy atom. The highest BCUT2D eigenvalue weighted by atomic mass is 14.3. The van der Waals surface area contributed by atoms with Crippen LogP contribution >= 0.6 is 0 Å². The van der Waals surface area contributed by atoms with E-state index in [4.69, 9.17) is 0 Å². The van der Waals surface area contributed by atoms with Gasteiger partial charge < -0.3 is 0 Å². The number of fused-ring (bicyclic) bond motifs is 2. The standard InChI is InChI=1S/C8H13/c1-2-7-4-5-8(3-1)6-7/h4,7-8H,1-3,5-6H2/t7-,8+/m1/s1. The van der Waals surface area contributed by atoms with Crippen LogP contribution in [0.3, 0.4) is 0 Å². The van der Waals surface area contributed by atoms with Crippen molar-refractivity contribution < 1.29 is 0 Å². The lowest BCUT2D eigenvalue weighted by Gasteiger charge is -2.16. The molecule has 0 aromatic carbocycles. The summed E-state index contributed by atoms with van der Waals surface area (Å²) in [4.78, 5) is 0. The van der Waals surface area contributed by atoms with E-state index in [-0.39, 0.29) is 0 Å². The summed E-state index contributed by atoms with van der Waals surface area (Å²) in [6, 6.07) is 0. The molecule has 2 rings (SSSR count). The van der Waals surface area contributed by atoms with Gasteiger partial charge in [-0.2, -0.15) is 0 Å². The molecule has 0 aromatic heterocycles. The first-order valence-electron chi connectivity index (χ1n) is 3.78. The van der Waals surface area contributed by atoms with Gasteiger partial charge in [0.2, 0.25) is 0 Å². The highest BCUT2D eigenvalue weighted by molar-refractivity contribution is 4.92. The third-order valence-corrected chi connectivity index (χ3v) is 2.63. The first-order valence-corrected chi connectivity index (χ1v) is 3.78. The highest BCUT2D eigenvalue weighted by Gasteiger charge is 2.28. The van der Waals surface area contributed by atoms with Gasteiger partial charge in [-0.3, -0.25) is 0 Å². The lowest BCUT2D eigenvalue weighted by Crippen LogP contribution is -2.03. The van der Waals surface area contributed by atoms with Crippen molar-refractivity contribution in [3.05, 3.63) is 6.42 Å². The van der Waals surface area contributed by atoms with Gasteiger partial charge in [-0.15, -0.1) is 0 Å². The fourth-order valence-corrected chi connectivity index (χ4v) is 2.15. The normalized spacial score (nSPS) is 45.0. The maximum atomic E-state index is 2.54. The molecule has 0 unspecified atom stereocenters. The summed E-state index contributed by atoms with van der Waals surface area (Å²) in [6.45, 7) is 0. The average Bonchev–Trinajstić information content (AvgIpc) is 2.12. The van der Waals surface area contributed by atoms with E-state index in [1.54, 1.807) is 0 Å². The molecular formula is C8H13. The van der Waals surface area contributed by atoms with Crippen LogP contribution in [0.2, 0.25) is 0 Å². The summed E-state index contributed by atoms with van der Waals surface area (Å²) < 4.78 is 0. The Bertz CT molecular complexity index is 72.0. The third kappa shape index (κ3) is 0.667. The Morgan fingerprint density at radius 2 is 2.25 bits per heavy atom. The van der Waals surface area contributed by atoms with Crippen LogP contribution in [0, 0.1) is 18.3 Å². The molecule has 0 heteroatoms. The fraction of sp³-hybridized carbons (Fsp3) is 0.875. The monoisotopic (exact) mass is 109 g/mol. The molecule has 2 atom stereocenters. The molecule has 0 aliphatic heterocycles. The minimum atomic E-state index is 1.04. The molecule has 0 nitrogen and oxygen atoms in total. The van der Waals surface area contributed by atoms with Crippen LogP contribution in [-0.2, 0) is 0 Å². The van der Waals surface area contributed by atoms with Crippen molar-refractivity contribution in [1.82, 2.24) is 0 Å². The van der Waals surface area contributed by atoms with E-state index in [1.165, 1.54) is 32.1 Å². The lowest BCUT2D eigenvalue weighted by molar-refractivity contribution is 0.367. The molecular weight excluding hydrogens is 96.1 g/mol. The molecule has 2 fully saturated rings. The van der Waals surface area contributed by atoms with Gasteiger partial charge in [0.1, 0.15) is 0 Å². The zero-order valence-electron chi connectivity index (χ0n) is 5.27. The summed E-state index contributed by atoms with van der Waals surface area (Å²) in [5, 5.41) is 0. The van der Waals surface area contributed by atoms with Crippen LogP contribution in [0.15, 0.2) is 0 Å². The van der Waals surface area contributed by atoms with E-state index in [0.29, 0.717) is 0 Å². The van der Waals surface area contributed by atoms with Gasteiger partial charge in [0.15, 0.2) is 0 Å². The van der Waals surface area contributed by atoms with Crippen molar-refractivity contribution in [3.63, 3.8) is 0 Å². The molecule has 2 bridgehead atoms. The van der Waals surface area contributed by atoms with Crippen LogP contribution in [0.5, 0.6) is 0 Å². The van der Waals surface area contributed by atoms with E-state index >= 15 is 0 Å². The van der Waals surface area contributed by atoms with Gasteiger partial charge >= 0.3 is 0 Å². The van der Waals surface area contributed by atoms with Gasteiger partial charge in [-0.1, -0.05) is 19.3 Å². The van der Waals surface area contributed by atoms with Crippen LogP contribution in [0.25, 0.3) is 0 Å². The van der Waals surface area contributed by atoms with Crippen molar-refractivity contribution in [1.29, 1.82) is 0 Å². The van der Waals surface area contributed by atoms with Crippen molar-refractivity contribution in [2.24, 2.45) is 11.8 Å². The minimum Gasteiger partial charge on any atom is -0.0528 e. The molecule has 0 heterocycles. The van der Waals surface area contributed by atoms with E-state index in [2.05, 4.69) is 6.42 Å². The first kappa shape index (κ1) is 4.84. The Balaban J connectivity index is 2.03. The predicted molar refractivity (Wildman–Crippen MR) is 34.4 cm³/mol. The molecule has 2 saturated carbocycles.